The molecule has 5 atom stereocenters. The van der Waals surface area contributed by atoms with Crippen molar-refractivity contribution in [1.82, 2.24) is 9.80 Å². The van der Waals surface area contributed by atoms with Crippen LogP contribution in [0.3, 0.4) is 0 Å². The van der Waals surface area contributed by atoms with E-state index in [0.29, 0.717) is 49.4 Å². The highest BCUT2D eigenvalue weighted by molar-refractivity contribution is 7.86. The van der Waals surface area contributed by atoms with Crippen LogP contribution in [0.1, 0.15) is 41.9 Å². The van der Waals surface area contributed by atoms with Crippen LogP contribution in [0.25, 0.3) is 0 Å². The second-order valence-electron chi connectivity index (χ2n) is 9.26. The predicted octanol–water partition coefficient (Wildman–Crippen LogP) is 4.41. The molecular formula is C21H21F7N2O2S. The molecule has 0 aromatic heterocycles. The number of fused-ring (bicyclic) bond motifs is 5. The summed E-state index contributed by atoms with van der Waals surface area (Å²) in [5.74, 6) is 0.235. The van der Waals surface area contributed by atoms with Gasteiger partial charge in [0.25, 0.3) is 0 Å². The molecule has 3 saturated heterocycles. The number of nitrogens with zero attached hydrogens (tertiary/aromatic N) is 2. The fourth-order valence-electron chi connectivity index (χ4n) is 5.95. The average molecular weight is 498 g/mol. The van der Waals surface area contributed by atoms with Gasteiger partial charge in [-0.05, 0) is 36.8 Å². The standard InChI is InChI=1S/C21H21F7N2O2S/c22-19(20(23,24)25,21(26,27)28)12-2-3-15-11(7-12)1-4-17-16(15)5-6-29(17)18(31)30-9-14-8-13(30)10-33(14)32/h2-3,7,13-14,16-17H,1,4-6,8-10H2/t13-,14-,16?,17?,33?/m0/s1. The van der Waals surface area contributed by atoms with Gasteiger partial charge in [0.2, 0.25) is 0 Å². The van der Waals surface area contributed by atoms with Crippen LogP contribution >= 0.6 is 0 Å². The van der Waals surface area contributed by atoms with E-state index >= 15 is 0 Å². The van der Waals surface area contributed by atoms with Gasteiger partial charge in [0.15, 0.2) is 0 Å². The van der Waals surface area contributed by atoms with Crippen molar-refractivity contribution in [3.8, 4) is 0 Å². The molecule has 0 N–H and O–H groups in total. The van der Waals surface area contributed by atoms with Crippen LogP contribution in [0.4, 0.5) is 35.5 Å². The Labute approximate surface area is 187 Å². The number of likely N-dealkylation sites (tertiary alicyclic amines) is 2. The van der Waals surface area contributed by atoms with Crippen molar-refractivity contribution in [3.63, 3.8) is 0 Å². The fourth-order valence-corrected chi connectivity index (χ4v) is 7.68. The van der Waals surface area contributed by atoms with Gasteiger partial charge in [-0.2, -0.15) is 26.3 Å². The summed E-state index contributed by atoms with van der Waals surface area (Å²) in [5, 5.41) is -0.00825. The molecule has 4 nitrogen and oxygen atoms in total. The number of urea groups is 1. The third kappa shape index (κ3) is 3.30. The van der Waals surface area contributed by atoms with Crippen molar-refractivity contribution in [1.29, 1.82) is 0 Å². The molecular weight excluding hydrogens is 477 g/mol. The van der Waals surface area contributed by atoms with Gasteiger partial charge < -0.3 is 9.80 Å². The van der Waals surface area contributed by atoms with Crippen LogP contribution in [0.2, 0.25) is 0 Å². The minimum Gasteiger partial charge on any atom is -0.321 e. The number of rotatable bonds is 1. The SMILES string of the molecule is O=C(N1CCC2c3ccc(C(F)(C(F)(F)F)C(F)(F)F)cc3CCC21)N1C[C@@H]2C[C@H]1CS2=O. The highest BCUT2D eigenvalue weighted by Crippen LogP contribution is 2.54. The lowest BCUT2D eigenvalue weighted by molar-refractivity contribution is -0.348. The van der Waals surface area contributed by atoms with Crippen LogP contribution < -0.4 is 0 Å². The van der Waals surface area contributed by atoms with Crippen molar-refractivity contribution < 1.29 is 39.7 Å². The topological polar surface area (TPSA) is 40.6 Å². The van der Waals surface area contributed by atoms with Gasteiger partial charge in [0.05, 0.1) is 5.25 Å². The maximum absolute atomic E-state index is 14.5. The van der Waals surface area contributed by atoms with E-state index < -0.39 is 34.4 Å². The first kappa shape index (κ1) is 22.9. The number of aryl methyl sites for hydroxylation is 1. The van der Waals surface area contributed by atoms with E-state index in [9.17, 15) is 39.7 Å². The van der Waals surface area contributed by atoms with Gasteiger partial charge in [-0.1, -0.05) is 18.2 Å². The molecule has 0 saturated carbocycles. The molecule has 1 aromatic carbocycles. The first-order valence-electron chi connectivity index (χ1n) is 10.7. The minimum atomic E-state index is -6.15. The summed E-state index contributed by atoms with van der Waals surface area (Å²) < 4.78 is 105. The number of halogens is 7. The van der Waals surface area contributed by atoms with Crippen LogP contribution in [0.5, 0.6) is 0 Å². The van der Waals surface area contributed by atoms with E-state index in [4.69, 9.17) is 0 Å². The molecule has 1 aliphatic carbocycles. The number of benzene rings is 1. The number of carbonyl (C=O) groups is 1. The molecule has 12 heteroatoms. The molecule has 3 heterocycles. The van der Waals surface area contributed by atoms with Crippen molar-refractivity contribution in [2.45, 2.75) is 67.0 Å². The van der Waals surface area contributed by atoms with Crippen molar-refractivity contribution in [2.24, 2.45) is 0 Å². The number of hydrogen-bond donors (Lipinski definition) is 0. The van der Waals surface area contributed by atoms with Gasteiger partial charge in [-0.25, -0.2) is 9.18 Å². The molecule has 1 aromatic rings. The summed E-state index contributed by atoms with van der Waals surface area (Å²) in [5.41, 5.74) is -6.08. The van der Waals surface area contributed by atoms with Crippen LogP contribution in [-0.2, 0) is 22.9 Å². The minimum absolute atomic E-state index is 0.00825. The number of amides is 2. The Bertz CT molecular complexity index is 997. The molecule has 0 spiro atoms. The van der Waals surface area contributed by atoms with E-state index in [-0.39, 0.29) is 41.3 Å². The molecule has 2 amide bonds. The first-order valence-corrected chi connectivity index (χ1v) is 12.1. The lowest BCUT2D eigenvalue weighted by Crippen LogP contribution is -2.51. The lowest BCUT2D eigenvalue weighted by atomic mass is 9.77. The summed E-state index contributed by atoms with van der Waals surface area (Å²) in [6, 6.07) is 1.99. The van der Waals surface area contributed by atoms with Gasteiger partial charge in [-0.15, -0.1) is 0 Å². The second-order valence-corrected chi connectivity index (χ2v) is 11.0. The number of hydrogen-bond acceptors (Lipinski definition) is 2. The molecule has 2 bridgehead atoms. The van der Waals surface area contributed by atoms with E-state index in [0.717, 1.165) is 12.5 Å². The largest absolute Gasteiger partial charge is 0.435 e. The molecule has 3 fully saturated rings. The summed E-state index contributed by atoms with van der Waals surface area (Å²) in [4.78, 5) is 16.6. The van der Waals surface area contributed by atoms with Crippen molar-refractivity contribution in [2.75, 3.05) is 18.8 Å². The molecule has 3 aliphatic heterocycles. The smallest absolute Gasteiger partial charge is 0.321 e. The monoisotopic (exact) mass is 498 g/mol. The van der Waals surface area contributed by atoms with E-state index in [1.165, 1.54) is 0 Å². The van der Waals surface area contributed by atoms with E-state index in [1.54, 1.807) is 9.80 Å². The normalized spacial score (nSPS) is 31.7. The van der Waals surface area contributed by atoms with Crippen molar-refractivity contribution in [3.05, 3.63) is 34.9 Å². The summed E-state index contributed by atoms with van der Waals surface area (Å²) in [6.45, 7) is 0.863. The highest BCUT2D eigenvalue weighted by atomic mass is 32.2. The second kappa shape index (κ2) is 7.32. The Balaban J connectivity index is 1.40. The first-order chi connectivity index (χ1) is 15.3. The summed E-state index contributed by atoms with van der Waals surface area (Å²) in [7, 11) is -0.913. The van der Waals surface area contributed by atoms with Gasteiger partial charge >= 0.3 is 24.1 Å². The van der Waals surface area contributed by atoms with Gasteiger partial charge in [0, 0.05) is 53.2 Å². The third-order valence-corrected chi connectivity index (χ3v) is 9.37. The number of carbonyl (C=O) groups excluding carboxylic acids is 1. The Morgan fingerprint density at radius 1 is 1.00 bits per heavy atom. The summed E-state index contributed by atoms with van der Waals surface area (Å²) in [6.07, 6.45) is -10.5. The van der Waals surface area contributed by atoms with Gasteiger partial charge in [-0.3, -0.25) is 4.21 Å². The fraction of sp³-hybridized carbons (Fsp3) is 0.667. The quantitative estimate of drug-likeness (QED) is 0.539. The lowest BCUT2D eigenvalue weighted by Gasteiger charge is -2.38. The van der Waals surface area contributed by atoms with Gasteiger partial charge in [0.1, 0.15) is 0 Å². The zero-order valence-electron chi connectivity index (χ0n) is 17.3. The molecule has 4 aliphatic rings. The van der Waals surface area contributed by atoms with E-state index in [2.05, 4.69) is 0 Å². The maximum atomic E-state index is 14.5. The Hall–Kier alpha value is -1.85. The van der Waals surface area contributed by atoms with E-state index in [1.807, 2.05) is 0 Å². The molecule has 0 radical (unpaired) electrons. The Morgan fingerprint density at radius 2 is 1.70 bits per heavy atom. The molecule has 182 valence electrons. The highest BCUT2D eigenvalue weighted by Gasteiger charge is 2.73. The summed E-state index contributed by atoms with van der Waals surface area (Å²) >= 11 is 0. The Kier molecular flexibility index (Phi) is 5.09. The zero-order valence-corrected chi connectivity index (χ0v) is 18.1. The molecule has 33 heavy (non-hydrogen) atoms. The van der Waals surface area contributed by atoms with Crippen LogP contribution in [0.15, 0.2) is 18.2 Å². The zero-order chi connectivity index (χ0) is 23.9. The van der Waals surface area contributed by atoms with Crippen LogP contribution in [0, 0.1) is 0 Å². The van der Waals surface area contributed by atoms with Crippen molar-refractivity contribution >= 4 is 16.8 Å². The van der Waals surface area contributed by atoms with Crippen LogP contribution in [-0.4, -0.2) is 68.6 Å². The predicted molar refractivity (Wildman–Crippen MR) is 105 cm³/mol. The maximum Gasteiger partial charge on any atom is 0.435 e. The Morgan fingerprint density at radius 3 is 2.27 bits per heavy atom. The number of alkyl halides is 7. The third-order valence-electron chi connectivity index (χ3n) is 7.57. The molecule has 3 unspecified atom stereocenters. The average Bonchev–Trinajstić information content (AvgIpc) is 3.43. The molecule has 5 rings (SSSR count).